The van der Waals surface area contributed by atoms with Crippen LogP contribution in [0.15, 0.2) is 60.6 Å². The number of aliphatic hydroxyl groups excluding tert-OH is 1. The minimum absolute atomic E-state index is 0. The van der Waals surface area contributed by atoms with Crippen molar-refractivity contribution in [2.75, 3.05) is 0 Å². The third kappa shape index (κ3) is 8.48. The first kappa shape index (κ1) is 37.5. The summed E-state index contributed by atoms with van der Waals surface area (Å²) in [5, 5.41) is 12.6. The number of ketones is 1. The van der Waals surface area contributed by atoms with Crippen molar-refractivity contribution in [3.05, 3.63) is 83.6 Å². The van der Waals surface area contributed by atoms with E-state index < -0.39 is 0 Å². The molecule has 0 fully saturated rings. The van der Waals surface area contributed by atoms with Gasteiger partial charge in [0, 0.05) is 58.5 Å². The van der Waals surface area contributed by atoms with Crippen molar-refractivity contribution in [2.45, 2.75) is 87.5 Å². The number of carbonyl (C=O) groups excluding carboxylic acids is 1. The van der Waals surface area contributed by atoms with Crippen LogP contribution in [0.5, 0.6) is 0 Å². The molecular formula is C39H46FIrN2O2S-. The summed E-state index contributed by atoms with van der Waals surface area (Å²) in [5.41, 5.74) is 4.05. The Balaban J connectivity index is 0.000000309. The van der Waals surface area contributed by atoms with E-state index in [-0.39, 0.29) is 54.7 Å². The van der Waals surface area contributed by atoms with E-state index in [0.29, 0.717) is 16.8 Å². The Hall–Kier alpha value is -2.99. The molecule has 0 aliphatic heterocycles. The fourth-order valence-corrected chi connectivity index (χ4v) is 7.09. The number of rotatable bonds is 9. The van der Waals surface area contributed by atoms with Gasteiger partial charge in [0.1, 0.15) is 6.33 Å². The average Bonchev–Trinajstić information content (AvgIpc) is 3.38. The number of aromatic nitrogens is 2. The molecule has 0 spiro atoms. The van der Waals surface area contributed by atoms with Crippen molar-refractivity contribution >= 4 is 48.2 Å². The van der Waals surface area contributed by atoms with E-state index in [0.717, 1.165) is 63.2 Å². The number of hydrogen-bond acceptors (Lipinski definition) is 5. The van der Waals surface area contributed by atoms with Crippen LogP contribution < -0.4 is 0 Å². The summed E-state index contributed by atoms with van der Waals surface area (Å²) >= 11 is 1.63. The van der Waals surface area contributed by atoms with Crippen LogP contribution >= 0.6 is 11.3 Å². The van der Waals surface area contributed by atoms with Crippen LogP contribution in [0.2, 0.25) is 0 Å². The van der Waals surface area contributed by atoms with Gasteiger partial charge in [-0.25, -0.2) is 4.98 Å². The Bertz CT molecular complexity index is 1830. The van der Waals surface area contributed by atoms with Crippen LogP contribution in [0.25, 0.3) is 42.3 Å². The van der Waals surface area contributed by atoms with Crippen LogP contribution in [0.3, 0.4) is 0 Å². The van der Waals surface area contributed by atoms with Gasteiger partial charge in [0.25, 0.3) is 0 Å². The zero-order chi connectivity index (χ0) is 32.9. The van der Waals surface area contributed by atoms with Crippen molar-refractivity contribution in [3.8, 4) is 11.3 Å². The molecule has 0 bridgehead atoms. The second kappa shape index (κ2) is 16.2. The molecule has 46 heavy (non-hydrogen) atoms. The summed E-state index contributed by atoms with van der Waals surface area (Å²) in [6, 6.07) is 17.6. The van der Waals surface area contributed by atoms with Crippen molar-refractivity contribution in [1.29, 1.82) is 0 Å². The van der Waals surface area contributed by atoms with E-state index in [2.05, 4.69) is 55.0 Å². The molecule has 0 saturated carbocycles. The van der Waals surface area contributed by atoms with E-state index in [1.165, 1.54) is 18.0 Å². The van der Waals surface area contributed by atoms with Crippen LogP contribution in [-0.2, 0) is 31.3 Å². The number of allylic oxidation sites excluding steroid dienone is 2. The van der Waals surface area contributed by atoms with E-state index >= 15 is 4.39 Å². The average molecular weight is 818 g/mol. The van der Waals surface area contributed by atoms with Crippen molar-refractivity contribution in [1.82, 2.24) is 9.97 Å². The Kier molecular flexibility index (Phi) is 13.2. The summed E-state index contributed by atoms with van der Waals surface area (Å²) in [5.74, 6) is 0.283. The van der Waals surface area contributed by atoms with Gasteiger partial charge in [-0.15, -0.1) is 28.9 Å². The second-order valence-corrected chi connectivity index (χ2v) is 14.1. The van der Waals surface area contributed by atoms with E-state index in [4.69, 9.17) is 0 Å². The summed E-state index contributed by atoms with van der Waals surface area (Å²) in [4.78, 5) is 20.7. The fraction of sp³-hybridized carbons (Fsp3) is 0.410. The van der Waals surface area contributed by atoms with Gasteiger partial charge in [-0.2, -0.15) is 0 Å². The molecule has 1 radical (unpaired) electrons. The number of benzene rings is 3. The number of halogens is 1. The first-order chi connectivity index (χ1) is 21.4. The minimum Gasteiger partial charge on any atom is -0.512 e. The predicted molar refractivity (Wildman–Crippen MR) is 188 cm³/mol. The number of aryl methyl sites for hydroxylation is 1. The van der Waals surface area contributed by atoms with Crippen LogP contribution in [0.1, 0.15) is 85.3 Å². The zero-order valence-corrected chi connectivity index (χ0v) is 31.5. The quantitative estimate of drug-likeness (QED) is 0.0914. The maximum atomic E-state index is 15.4. The molecule has 5 rings (SSSR count). The van der Waals surface area contributed by atoms with Crippen molar-refractivity contribution in [2.24, 2.45) is 17.3 Å². The molecule has 2 heterocycles. The number of carbonyl (C=O) groups is 1. The summed E-state index contributed by atoms with van der Waals surface area (Å²) < 4.78 is 17.4. The number of fused-ring (bicyclic) bond motifs is 4. The summed E-state index contributed by atoms with van der Waals surface area (Å²) in [7, 11) is 0. The van der Waals surface area contributed by atoms with Gasteiger partial charge in [0.05, 0.1) is 17.1 Å². The third-order valence-electron chi connectivity index (χ3n) is 8.51. The van der Waals surface area contributed by atoms with Crippen molar-refractivity contribution < 1.29 is 34.4 Å². The van der Waals surface area contributed by atoms with Crippen LogP contribution in [0.4, 0.5) is 4.39 Å². The van der Waals surface area contributed by atoms with Gasteiger partial charge >= 0.3 is 0 Å². The van der Waals surface area contributed by atoms with E-state index in [1.807, 2.05) is 58.9 Å². The number of nitrogens with zero attached hydrogens (tertiary/aromatic N) is 2. The van der Waals surface area contributed by atoms with Crippen LogP contribution in [0, 0.1) is 36.1 Å². The zero-order valence-electron chi connectivity index (χ0n) is 28.3. The molecule has 0 unspecified atom stereocenters. The minimum atomic E-state index is -0.264. The van der Waals surface area contributed by atoms with Gasteiger partial charge in [-0.05, 0) is 49.1 Å². The first-order valence-electron chi connectivity index (χ1n) is 16.1. The molecule has 7 heteroatoms. The largest absolute Gasteiger partial charge is 0.512 e. The van der Waals surface area contributed by atoms with Crippen LogP contribution in [-0.4, -0.2) is 20.9 Å². The maximum Gasteiger partial charge on any atom is 0.162 e. The molecule has 0 saturated heterocycles. The molecule has 4 nitrogen and oxygen atoms in total. The predicted octanol–water partition coefficient (Wildman–Crippen LogP) is 11.4. The number of thiophene rings is 1. The fourth-order valence-electron chi connectivity index (χ4n) is 5.88. The molecule has 0 atom stereocenters. The molecule has 2 aromatic heterocycles. The smallest absolute Gasteiger partial charge is 0.162 e. The van der Waals surface area contributed by atoms with Gasteiger partial charge in [-0.3, -0.25) is 14.2 Å². The standard InChI is InChI=1S/C26H22FN2S.C13H24O2.Ir/c1-15-18-8-6-5-7-17(18)12-20(22(15)27)24-25-23(28-14-29-24)19-10-9-16(11-21(19)30-25)13-26(2,3)4;1-5-10(6-2)12(14)9-13(15)11(7-3)8-4;/h5-11,14H,13H2,1-4H3;9-11,14H,5-8H2,1-4H3;/q-1;;/b;12-9-;. The molecular weight excluding hydrogens is 772 g/mol. The Morgan fingerprint density at radius 2 is 1.63 bits per heavy atom. The first-order valence-corrected chi connectivity index (χ1v) is 16.9. The second-order valence-electron chi connectivity index (χ2n) is 13.1. The van der Waals surface area contributed by atoms with Gasteiger partial charge < -0.3 is 5.11 Å². The molecule has 3 aromatic carbocycles. The Labute approximate surface area is 290 Å². The maximum absolute atomic E-state index is 15.4. The van der Waals surface area contributed by atoms with E-state index in [9.17, 15) is 9.90 Å². The summed E-state index contributed by atoms with van der Waals surface area (Å²) in [6.45, 7) is 16.6. The molecule has 0 aliphatic carbocycles. The Morgan fingerprint density at radius 1 is 0.978 bits per heavy atom. The normalized spacial score (nSPS) is 12.1. The van der Waals surface area contributed by atoms with E-state index in [1.54, 1.807) is 11.3 Å². The van der Waals surface area contributed by atoms with Gasteiger partial charge in [-0.1, -0.05) is 102 Å². The monoisotopic (exact) mass is 818 g/mol. The SMILES string of the molecule is CCC(CC)C(=O)/C=C(\O)C(CC)CC.Cc1c(F)c(-c2ncnc3c2sc2cc(CC(C)(C)C)ccc23)[c-]c2ccccc12.[Ir]. The summed E-state index contributed by atoms with van der Waals surface area (Å²) in [6.07, 6.45) is 7.44. The number of aliphatic hydroxyl groups is 1. The third-order valence-corrected chi connectivity index (χ3v) is 9.66. The molecule has 247 valence electrons. The molecule has 5 aromatic rings. The van der Waals surface area contributed by atoms with Gasteiger partial charge in [0.2, 0.25) is 0 Å². The molecule has 1 N–H and O–H groups in total. The topological polar surface area (TPSA) is 63.1 Å². The van der Waals surface area contributed by atoms with Crippen molar-refractivity contribution in [3.63, 3.8) is 0 Å². The van der Waals surface area contributed by atoms with Gasteiger partial charge in [0.15, 0.2) is 5.78 Å². The molecule has 0 aliphatic rings. The molecule has 0 amide bonds. The number of hydrogen-bond donors (Lipinski definition) is 1. The Morgan fingerprint density at radius 3 is 2.26 bits per heavy atom.